The number of aromatic nitrogens is 1. The van der Waals surface area contributed by atoms with Crippen LogP contribution in [0.15, 0.2) is 30.5 Å². The Bertz CT molecular complexity index is 897. The van der Waals surface area contributed by atoms with E-state index in [1.54, 1.807) is 6.07 Å². The van der Waals surface area contributed by atoms with Crippen molar-refractivity contribution in [1.82, 2.24) is 14.8 Å². The Hall–Kier alpha value is -1.69. The van der Waals surface area contributed by atoms with Gasteiger partial charge >= 0.3 is 0 Å². The van der Waals surface area contributed by atoms with Crippen LogP contribution in [0.1, 0.15) is 42.9 Å². The zero-order chi connectivity index (χ0) is 22.0. The second kappa shape index (κ2) is 9.85. The number of pyridine rings is 1. The van der Waals surface area contributed by atoms with Crippen molar-refractivity contribution in [2.75, 3.05) is 37.6 Å². The minimum Gasteiger partial charge on any atom is -0.354 e. The van der Waals surface area contributed by atoms with Crippen LogP contribution >= 0.6 is 11.6 Å². The number of benzene rings is 1. The van der Waals surface area contributed by atoms with Crippen molar-refractivity contribution in [3.8, 4) is 0 Å². The summed E-state index contributed by atoms with van der Waals surface area (Å²) in [5.74, 6) is 0.945. The van der Waals surface area contributed by atoms with Gasteiger partial charge in [-0.1, -0.05) is 30.7 Å². The van der Waals surface area contributed by atoms with Gasteiger partial charge in [0.15, 0.2) is 0 Å². The normalized spacial score (nSPS) is 21.6. The van der Waals surface area contributed by atoms with Crippen LogP contribution in [0.3, 0.4) is 0 Å². The van der Waals surface area contributed by atoms with Crippen molar-refractivity contribution in [3.05, 3.63) is 58.0 Å². The van der Waals surface area contributed by atoms with E-state index in [4.69, 9.17) is 16.6 Å². The maximum absolute atomic E-state index is 14.2. The molecule has 2 aliphatic heterocycles. The molecule has 1 aromatic heterocycles. The predicted molar refractivity (Wildman–Crippen MR) is 126 cm³/mol. The lowest BCUT2D eigenvalue weighted by atomic mass is 9.97. The van der Waals surface area contributed by atoms with E-state index in [0.717, 1.165) is 63.4 Å². The molecule has 2 fully saturated rings. The van der Waals surface area contributed by atoms with Crippen molar-refractivity contribution in [3.63, 3.8) is 0 Å². The topological polar surface area (TPSA) is 22.6 Å². The Morgan fingerprint density at radius 3 is 2.55 bits per heavy atom. The molecule has 0 N–H and O–H groups in total. The highest BCUT2D eigenvalue weighted by atomic mass is 35.5. The Balaban J connectivity index is 1.34. The molecule has 1 unspecified atom stereocenters. The fourth-order valence-corrected chi connectivity index (χ4v) is 5.40. The van der Waals surface area contributed by atoms with E-state index in [9.17, 15) is 4.39 Å². The molecule has 0 saturated carbocycles. The second-order valence-corrected chi connectivity index (χ2v) is 9.58. The van der Waals surface area contributed by atoms with Gasteiger partial charge < -0.3 is 4.90 Å². The average molecular weight is 445 g/mol. The molecule has 4 nitrogen and oxygen atoms in total. The summed E-state index contributed by atoms with van der Waals surface area (Å²) in [5.41, 5.74) is 3.23. The van der Waals surface area contributed by atoms with Gasteiger partial charge in [-0.2, -0.15) is 0 Å². The smallest absolute Gasteiger partial charge is 0.131 e. The summed E-state index contributed by atoms with van der Waals surface area (Å²) in [4.78, 5) is 12.3. The van der Waals surface area contributed by atoms with Crippen LogP contribution in [-0.2, 0) is 6.54 Å². The Kier molecular flexibility index (Phi) is 7.15. The Morgan fingerprint density at radius 2 is 1.87 bits per heavy atom. The number of hydrogen-bond donors (Lipinski definition) is 0. The van der Waals surface area contributed by atoms with Gasteiger partial charge in [0.05, 0.1) is 0 Å². The second-order valence-electron chi connectivity index (χ2n) is 9.14. The number of halogens is 2. The van der Waals surface area contributed by atoms with Crippen molar-refractivity contribution in [2.45, 2.75) is 58.7 Å². The van der Waals surface area contributed by atoms with Gasteiger partial charge in [-0.25, -0.2) is 9.37 Å². The minimum atomic E-state index is -0.197. The molecule has 4 rings (SSSR count). The van der Waals surface area contributed by atoms with E-state index in [0.29, 0.717) is 23.7 Å². The quantitative estimate of drug-likeness (QED) is 0.643. The average Bonchev–Trinajstić information content (AvgIpc) is 2.76. The van der Waals surface area contributed by atoms with Crippen molar-refractivity contribution < 1.29 is 4.39 Å². The first kappa shape index (κ1) is 22.5. The molecule has 2 aromatic rings. The lowest BCUT2D eigenvalue weighted by Crippen LogP contribution is -2.58. The number of nitrogens with zero attached hydrogens (tertiary/aromatic N) is 4. The molecule has 0 aliphatic carbocycles. The number of likely N-dealkylation sites (tertiary alicyclic amines) is 1. The lowest BCUT2D eigenvalue weighted by Gasteiger charge is -2.48. The van der Waals surface area contributed by atoms with E-state index in [-0.39, 0.29) is 5.82 Å². The van der Waals surface area contributed by atoms with Crippen LogP contribution < -0.4 is 4.90 Å². The molecule has 0 bridgehead atoms. The first-order valence-corrected chi connectivity index (χ1v) is 11.9. The third-order valence-electron chi connectivity index (χ3n) is 6.92. The Morgan fingerprint density at radius 1 is 1.10 bits per heavy atom. The molecule has 2 saturated heterocycles. The fourth-order valence-electron chi connectivity index (χ4n) is 5.25. The standard InChI is InChI=1S/C25H34ClFN4/c1-4-22-17-30(25-19(3)13-18(2)15-28-25)11-12-31(22)23-7-9-29(10-8-23)16-20-5-6-21(26)14-24(20)27/h5-6,13-15,22-23H,4,7-12,16-17H2,1-3H3. The zero-order valence-electron chi connectivity index (χ0n) is 19.0. The van der Waals surface area contributed by atoms with E-state index >= 15 is 0 Å². The Labute approximate surface area is 191 Å². The monoisotopic (exact) mass is 444 g/mol. The van der Waals surface area contributed by atoms with Gasteiger partial charge in [0.1, 0.15) is 11.6 Å². The number of piperidine rings is 1. The predicted octanol–water partition coefficient (Wildman–Crippen LogP) is 5.06. The van der Waals surface area contributed by atoms with E-state index < -0.39 is 0 Å². The summed E-state index contributed by atoms with van der Waals surface area (Å²) in [6.45, 7) is 12.4. The van der Waals surface area contributed by atoms with Crippen LogP contribution in [0.2, 0.25) is 5.02 Å². The summed E-state index contributed by atoms with van der Waals surface area (Å²) in [6.07, 6.45) is 5.42. The van der Waals surface area contributed by atoms with Gasteiger partial charge in [-0.05, 0) is 69.5 Å². The maximum Gasteiger partial charge on any atom is 0.131 e. The van der Waals surface area contributed by atoms with Gasteiger partial charge in [-0.15, -0.1) is 0 Å². The number of piperazine rings is 1. The van der Waals surface area contributed by atoms with Crippen LogP contribution in [-0.4, -0.2) is 59.6 Å². The maximum atomic E-state index is 14.2. The molecule has 3 heterocycles. The summed E-state index contributed by atoms with van der Waals surface area (Å²) >= 11 is 5.89. The van der Waals surface area contributed by atoms with Gasteiger partial charge in [0, 0.05) is 55.0 Å². The molecule has 31 heavy (non-hydrogen) atoms. The minimum absolute atomic E-state index is 0.197. The molecule has 1 atom stereocenters. The largest absolute Gasteiger partial charge is 0.354 e. The highest BCUT2D eigenvalue weighted by molar-refractivity contribution is 6.30. The van der Waals surface area contributed by atoms with E-state index in [1.165, 1.54) is 17.2 Å². The molecule has 0 radical (unpaired) electrons. The summed E-state index contributed by atoms with van der Waals surface area (Å²) in [7, 11) is 0. The van der Waals surface area contributed by atoms with Crippen molar-refractivity contribution >= 4 is 17.4 Å². The summed E-state index contributed by atoms with van der Waals surface area (Å²) in [5, 5.41) is 0.459. The molecular weight excluding hydrogens is 411 g/mol. The number of anilines is 1. The highest BCUT2D eigenvalue weighted by Gasteiger charge is 2.33. The summed E-state index contributed by atoms with van der Waals surface area (Å²) in [6, 6.07) is 8.42. The first-order valence-electron chi connectivity index (χ1n) is 11.5. The third kappa shape index (κ3) is 5.21. The molecule has 0 amide bonds. The third-order valence-corrected chi connectivity index (χ3v) is 7.16. The van der Waals surface area contributed by atoms with Crippen molar-refractivity contribution in [1.29, 1.82) is 0 Å². The highest BCUT2D eigenvalue weighted by Crippen LogP contribution is 2.28. The van der Waals surface area contributed by atoms with Crippen molar-refractivity contribution in [2.24, 2.45) is 0 Å². The van der Waals surface area contributed by atoms with Crippen LogP contribution in [0.25, 0.3) is 0 Å². The van der Waals surface area contributed by atoms with Crippen LogP contribution in [0.5, 0.6) is 0 Å². The van der Waals surface area contributed by atoms with E-state index in [1.807, 2.05) is 12.3 Å². The summed E-state index contributed by atoms with van der Waals surface area (Å²) < 4.78 is 14.2. The lowest BCUT2D eigenvalue weighted by molar-refractivity contribution is 0.0607. The molecule has 168 valence electrons. The number of aryl methyl sites for hydroxylation is 2. The van der Waals surface area contributed by atoms with Gasteiger partial charge in [0.25, 0.3) is 0 Å². The fraction of sp³-hybridized carbons (Fsp3) is 0.560. The number of rotatable bonds is 5. The van der Waals surface area contributed by atoms with Gasteiger partial charge in [0.2, 0.25) is 0 Å². The first-order chi connectivity index (χ1) is 14.9. The molecule has 6 heteroatoms. The van der Waals surface area contributed by atoms with Crippen LogP contribution in [0.4, 0.5) is 10.2 Å². The SMILES string of the molecule is CCC1CN(c2ncc(C)cc2C)CCN1C1CCN(Cc2ccc(Cl)cc2F)CC1. The molecule has 1 aromatic carbocycles. The molecular formula is C25H34ClFN4. The number of hydrogen-bond acceptors (Lipinski definition) is 4. The molecule has 0 spiro atoms. The van der Waals surface area contributed by atoms with Crippen LogP contribution in [0, 0.1) is 19.7 Å². The molecule has 2 aliphatic rings. The van der Waals surface area contributed by atoms with Gasteiger partial charge in [-0.3, -0.25) is 9.80 Å². The zero-order valence-corrected chi connectivity index (χ0v) is 19.7. The van der Waals surface area contributed by atoms with E-state index in [2.05, 4.69) is 41.5 Å².